The molecule has 0 bridgehead atoms. The number of hydrogen-bond acceptors (Lipinski definition) is 5. The lowest BCUT2D eigenvalue weighted by Crippen LogP contribution is -2.40. The molecule has 11 heteroatoms. The van der Waals surface area contributed by atoms with Crippen molar-refractivity contribution in [3.8, 4) is 0 Å². The second-order valence-corrected chi connectivity index (χ2v) is 4.11. The Morgan fingerprint density at radius 2 is 1.96 bits per heavy atom. The molecule has 0 spiro atoms. The zero-order valence-electron chi connectivity index (χ0n) is 12.8. The van der Waals surface area contributed by atoms with E-state index < -0.39 is 11.9 Å². The van der Waals surface area contributed by atoms with E-state index in [1.54, 1.807) is 14.2 Å². The van der Waals surface area contributed by atoms with Gasteiger partial charge in [0.2, 0.25) is 5.95 Å². The Balaban J connectivity index is 0.00000484. The zero-order valence-corrected chi connectivity index (χ0v) is 15.1. The molecule has 0 aliphatic rings. The molecule has 0 unspecified atom stereocenters. The van der Waals surface area contributed by atoms with E-state index in [2.05, 4.69) is 30.9 Å². The Labute approximate surface area is 149 Å². The quantitative estimate of drug-likeness (QED) is 0.253. The summed E-state index contributed by atoms with van der Waals surface area (Å²) in [5.41, 5.74) is -0.977. The number of anilines is 1. The highest BCUT2D eigenvalue weighted by Crippen LogP contribution is 2.27. The van der Waals surface area contributed by atoms with Crippen molar-refractivity contribution in [2.75, 3.05) is 45.7 Å². The third-order valence-electron chi connectivity index (χ3n) is 2.47. The molecule has 132 valence electrons. The number of nitrogens with one attached hydrogen (secondary N) is 3. The molecule has 0 aliphatic carbocycles. The maximum absolute atomic E-state index is 12.5. The van der Waals surface area contributed by atoms with Crippen molar-refractivity contribution >= 4 is 35.9 Å². The third kappa shape index (κ3) is 8.74. The van der Waals surface area contributed by atoms with Gasteiger partial charge in [0.1, 0.15) is 5.69 Å². The van der Waals surface area contributed by atoms with E-state index in [1.807, 2.05) is 0 Å². The fraction of sp³-hybridized carbons (Fsp3) is 0.583. The molecule has 0 fully saturated rings. The van der Waals surface area contributed by atoms with Crippen molar-refractivity contribution in [3.63, 3.8) is 0 Å². The molecule has 1 heterocycles. The van der Waals surface area contributed by atoms with Crippen LogP contribution in [-0.2, 0) is 10.9 Å². The van der Waals surface area contributed by atoms with Gasteiger partial charge in [-0.15, -0.1) is 24.0 Å². The highest BCUT2D eigenvalue weighted by molar-refractivity contribution is 14.0. The Morgan fingerprint density at radius 1 is 1.26 bits per heavy atom. The molecule has 0 aliphatic heterocycles. The summed E-state index contributed by atoms with van der Waals surface area (Å²) < 4.78 is 42.4. The Kier molecular flexibility index (Phi) is 10.5. The van der Waals surface area contributed by atoms with Gasteiger partial charge in [-0.05, 0) is 6.07 Å². The monoisotopic (exact) mass is 448 g/mol. The first kappa shape index (κ1) is 21.6. The van der Waals surface area contributed by atoms with Crippen LogP contribution in [0.15, 0.2) is 17.3 Å². The van der Waals surface area contributed by atoms with E-state index in [-0.39, 0.29) is 29.9 Å². The maximum Gasteiger partial charge on any atom is 0.433 e. The molecule has 23 heavy (non-hydrogen) atoms. The summed E-state index contributed by atoms with van der Waals surface area (Å²) >= 11 is 0. The molecule has 0 amide bonds. The first-order valence-electron chi connectivity index (χ1n) is 6.55. The van der Waals surface area contributed by atoms with E-state index in [1.165, 1.54) is 0 Å². The van der Waals surface area contributed by atoms with Gasteiger partial charge >= 0.3 is 6.18 Å². The summed E-state index contributed by atoms with van der Waals surface area (Å²) in [6.07, 6.45) is -3.41. The zero-order chi connectivity index (χ0) is 16.4. The number of alkyl halides is 3. The maximum atomic E-state index is 12.5. The van der Waals surface area contributed by atoms with Gasteiger partial charge in [0.05, 0.1) is 6.61 Å². The van der Waals surface area contributed by atoms with Gasteiger partial charge in [-0.25, -0.2) is 9.97 Å². The fourth-order valence-electron chi connectivity index (χ4n) is 1.45. The second-order valence-electron chi connectivity index (χ2n) is 4.11. The molecule has 3 N–H and O–H groups in total. The Bertz CT molecular complexity index is 486. The van der Waals surface area contributed by atoms with Gasteiger partial charge in [0.15, 0.2) is 5.96 Å². The van der Waals surface area contributed by atoms with Crippen molar-refractivity contribution in [3.05, 3.63) is 18.0 Å². The number of halogens is 4. The lowest BCUT2D eigenvalue weighted by Gasteiger charge is -2.12. The van der Waals surface area contributed by atoms with Gasteiger partial charge in [-0.3, -0.25) is 4.99 Å². The minimum absolute atomic E-state index is 0. The number of hydrogen-bond donors (Lipinski definition) is 3. The van der Waals surface area contributed by atoms with Gasteiger partial charge in [-0.1, -0.05) is 0 Å². The van der Waals surface area contributed by atoms with Crippen LogP contribution in [-0.4, -0.2) is 56.3 Å². The summed E-state index contributed by atoms with van der Waals surface area (Å²) in [5.74, 6) is 0.503. The van der Waals surface area contributed by atoms with Gasteiger partial charge < -0.3 is 20.7 Å². The van der Waals surface area contributed by atoms with Crippen LogP contribution in [0.4, 0.5) is 19.1 Å². The Hall–Kier alpha value is -1.37. The van der Waals surface area contributed by atoms with E-state index in [0.717, 1.165) is 12.3 Å². The van der Waals surface area contributed by atoms with Crippen molar-refractivity contribution in [1.29, 1.82) is 0 Å². The topological polar surface area (TPSA) is 83.5 Å². The van der Waals surface area contributed by atoms with Crippen LogP contribution < -0.4 is 16.0 Å². The number of methoxy groups -OCH3 is 1. The SMILES string of the molecule is CN=C(NCCNc1nccc(C(F)(F)F)n1)NCCOC.I. The molecule has 0 saturated heterocycles. The van der Waals surface area contributed by atoms with E-state index in [4.69, 9.17) is 4.74 Å². The largest absolute Gasteiger partial charge is 0.433 e. The minimum atomic E-state index is -4.48. The van der Waals surface area contributed by atoms with Crippen molar-refractivity contribution in [2.24, 2.45) is 4.99 Å². The van der Waals surface area contributed by atoms with Crippen LogP contribution in [0, 0.1) is 0 Å². The lowest BCUT2D eigenvalue weighted by atomic mass is 10.4. The number of ether oxygens (including phenoxy) is 1. The predicted octanol–water partition coefficient (Wildman–Crippen LogP) is 1.34. The first-order chi connectivity index (χ1) is 10.5. The fourth-order valence-corrected chi connectivity index (χ4v) is 1.45. The van der Waals surface area contributed by atoms with Crippen LogP contribution in [0.1, 0.15) is 5.69 Å². The number of aromatic nitrogens is 2. The van der Waals surface area contributed by atoms with Crippen molar-refractivity contribution < 1.29 is 17.9 Å². The van der Waals surface area contributed by atoms with Crippen molar-refractivity contribution in [2.45, 2.75) is 6.18 Å². The second kappa shape index (κ2) is 11.2. The van der Waals surface area contributed by atoms with Crippen LogP contribution in [0.3, 0.4) is 0 Å². The molecule has 7 nitrogen and oxygen atoms in total. The summed E-state index contributed by atoms with van der Waals surface area (Å²) in [5, 5.41) is 8.70. The third-order valence-corrected chi connectivity index (χ3v) is 2.47. The number of aliphatic imine (C=N–C) groups is 1. The molecule has 0 aromatic carbocycles. The van der Waals surface area contributed by atoms with Gasteiger partial charge in [0.25, 0.3) is 0 Å². The van der Waals surface area contributed by atoms with E-state index in [0.29, 0.717) is 32.2 Å². The highest BCUT2D eigenvalue weighted by Gasteiger charge is 2.32. The number of rotatable bonds is 7. The molecular formula is C12H20F3IN6O. The van der Waals surface area contributed by atoms with E-state index >= 15 is 0 Å². The standard InChI is InChI=1S/C12H19F3N6O.HI/c1-16-10(20-7-8-22-2)18-5-6-19-11-17-4-3-9(21-11)12(13,14)15;/h3-4H,5-8H2,1-2H3,(H2,16,18,20)(H,17,19,21);1H. The normalized spacial score (nSPS) is 11.6. The average Bonchev–Trinajstić information content (AvgIpc) is 2.49. The first-order valence-corrected chi connectivity index (χ1v) is 6.55. The number of nitrogens with zero attached hydrogens (tertiary/aromatic N) is 3. The molecule has 0 radical (unpaired) electrons. The smallest absolute Gasteiger partial charge is 0.383 e. The van der Waals surface area contributed by atoms with Crippen LogP contribution in [0.25, 0.3) is 0 Å². The minimum Gasteiger partial charge on any atom is -0.383 e. The van der Waals surface area contributed by atoms with E-state index in [9.17, 15) is 13.2 Å². The molecule has 1 aromatic rings. The van der Waals surface area contributed by atoms with Gasteiger partial charge in [-0.2, -0.15) is 13.2 Å². The summed E-state index contributed by atoms with van der Waals surface area (Å²) in [7, 11) is 3.21. The molecule has 0 saturated carbocycles. The van der Waals surface area contributed by atoms with Crippen LogP contribution in [0.2, 0.25) is 0 Å². The molecule has 1 rings (SSSR count). The van der Waals surface area contributed by atoms with Crippen LogP contribution in [0.5, 0.6) is 0 Å². The lowest BCUT2D eigenvalue weighted by molar-refractivity contribution is -0.141. The van der Waals surface area contributed by atoms with Gasteiger partial charge in [0, 0.05) is 40.0 Å². The molecule has 1 aromatic heterocycles. The Morgan fingerprint density at radius 3 is 2.57 bits per heavy atom. The summed E-state index contributed by atoms with van der Waals surface area (Å²) in [6, 6.07) is 0.824. The van der Waals surface area contributed by atoms with Crippen LogP contribution >= 0.6 is 24.0 Å². The summed E-state index contributed by atoms with van der Waals surface area (Å²) in [6.45, 7) is 1.91. The predicted molar refractivity (Wildman–Crippen MR) is 92.2 cm³/mol. The highest BCUT2D eigenvalue weighted by atomic mass is 127. The molecule has 0 atom stereocenters. The summed E-state index contributed by atoms with van der Waals surface area (Å²) in [4.78, 5) is 11.1. The molecular weight excluding hydrogens is 428 g/mol. The number of guanidine groups is 1. The van der Waals surface area contributed by atoms with Crippen molar-refractivity contribution in [1.82, 2.24) is 20.6 Å². The average molecular weight is 448 g/mol.